The van der Waals surface area contributed by atoms with Gasteiger partial charge < -0.3 is 9.64 Å². The predicted octanol–water partition coefficient (Wildman–Crippen LogP) is 3.46. The average Bonchev–Trinajstić information content (AvgIpc) is 3.23. The molecular weight excluding hydrogens is 322 g/mol. The van der Waals surface area contributed by atoms with Crippen LogP contribution in [0.1, 0.15) is 4.88 Å². The van der Waals surface area contributed by atoms with Crippen LogP contribution >= 0.6 is 11.3 Å². The Morgan fingerprint density at radius 2 is 2.29 bits per heavy atom. The van der Waals surface area contributed by atoms with Crippen molar-refractivity contribution in [2.75, 3.05) is 18.6 Å². The molecule has 0 aliphatic carbocycles. The maximum Gasteiger partial charge on any atom is 0.250 e. The standard InChI is InChI=1S/C18H19N3O2S/c1-3-18(22)21(15-11-19-20(12-15)8-9-23-2)13-16-10-14-6-4-5-7-17(14)24-16/h3-7,10-12H,1,8-9,13H2,2H3. The van der Waals surface area contributed by atoms with Crippen LogP contribution in [0.4, 0.5) is 5.69 Å². The van der Waals surface area contributed by atoms with Gasteiger partial charge in [0.2, 0.25) is 0 Å². The molecule has 0 spiro atoms. The van der Waals surface area contributed by atoms with E-state index in [1.807, 2.05) is 18.3 Å². The van der Waals surface area contributed by atoms with Crippen molar-refractivity contribution in [3.05, 3.63) is 60.3 Å². The van der Waals surface area contributed by atoms with E-state index in [4.69, 9.17) is 4.74 Å². The van der Waals surface area contributed by atoms with Crippen LogP contribution in [0.3, 0.4) is 0 Å². The topological polar surface area (TPSA) is 47.4 Å². The second-order valence-electron chi connectivity index (χ2n) is 5.33. The molecule has 2 heterocycles. The lowest BCUT2D eigenvalue weighted by Crippen LogP contribution is -2.27. The van der Waals surface area contributed by atoms with Crippen LogP contribution in [-0.4, -0.2) is 29.4 Å². The Hall–Kier alpha value is -2.44. The molecular formula is C18H19N3O2S. The summed E-state index contributed by atoms with van der Waals surface area (Å²) in [6.45, 7) is 5.34. The van der Waals surface area contributed by atoms with Crippen LogP contribution in [0.5, 0.6) is 0 Å². The van der Waals surface area contributed by atoms with E-state index >= 15 is 0 Å². The number of carbonyl (C=O) groups is 1. The molecule has 1 amide bonds. The van der Waals surface area contributed by atoms with Gasteiger partial charge in [-0.15, -0.1) is 11.3 Å². The summed E-state index contributed by atoms with van der Waals surface area (Å²) in [5, 5.41) is 5.48. The number of benzene rings is 1. The fraction of sp³-hybridized carbons (Fsp3) is 0.222. The van der Waals surface area contributed by atoms with Gasteiger partial charge >= 0.3 is 0 Å². The van der Waals surface area contributed by atoms with Crippen molar-refractivity contribution in [3.63, 3.8) is 0 Å². The highest BCUT2D eigenvalue weighted by Gasteiger charge is 2.17. The molecule has 0 aliphatic rings. The van der Waals surface area contributed by atoms with Crippen LogP contribution in [0.15, 0.2) is 55.4 Å². The van der Waals surface area contributed by atoms with Gasteiger partial charge in [0.05, 0.1) is 31.6 Å². The van der Waals surface area contributed by atoms with Crippen molar-refractivity contribution in [2.24, 2.45) is 0 Å². The quantitative estimate of drug-likeness (QED) is 0.618. The van der Waals surface area contributed by atoms with Gasteiger partial charge in [-0.3, -0.25) is 9.48 Å². The van der Waals surface area contributed by atoms with Crippen molar-refractivity contribution in [2.45, 2.75) is 13.1 Å². The molecule has 0 aliphatic heterocycles. The summed E-state index contributed by atoms with van der Waals surface area (Å²) in [5.74, 6) is -0.140. The summed E-state index contributed by atoms with van der Waals surface area (Å²) in [5.41, 5.74) is 0.758. The van der Waals surface area contributed by atoms with Crippen molar-refractivity contribution in [3.8, 4) is 0 Å². The van der Waals surface area contributed by atoms with E-state index in [1.165, 1.54) is 16.2 Å². The highest BCUT2D eigenvalue weighted by atomic mass is 32.1. The number of anilines is 1. The van der Waals surface area contributed by atoms with Crippen molar-refractivity contribution in [1.82, 2.24) is 9.78 Å². The first-order valence-corrected chi connectivity index (χ1v) is 8.45. The number of hydrogen-bond acceptors (Lipinski definition) is 4. The zero-order valence-corrected chi connectivity index (χ0v) is 14.3. The van der Waals surface area contributed by atoms with Crippen LogP contribution in [0.2, 0.25) is 0 Å². The smallest absolute Gasteiger partial charge is 0.250 e. The third kappa shape index (κ3) is 3.55. The van der Waals surface area contributed by atoms with E-state index in [9.17, 15) is 4.79 Å². The number of carbonyl (C=O) groups excluding carboxylic acids is 1. The first-order valence-electron chi connectivity index (χ1n) is 7.64. The van der Waals surface area contributed by atoms with Gasteiger partial charge in [0.25, 0.3) is 5.91 Å². The Labute approximate surface area is 144 Å². The van der Waals surface area contributed by atoms with Crippen LogP contribution < -0.4 is 4.90 Å². The van der Waals surface area contributed by atoms with Gasteiger partial charge in [0.15, 0.2) is 0 Å². The third-order valence-electron chi connectivity index (χ3n) is 3.69. The molecule has 0 fully saturated rings. The Morgan fingerprint density at radius 1 is 1.46 bits per heavy atom. The first kappa shape index (κ1) is 16.4. The third-order valence-corrected chi connectivity index (χ3v) is 4.79. The summed E-state index contributed by atoms with van der Waals surface area (Å²) in [4.78, 5) is 15.1. The molecule has 2 aromatic heterocycles. The fourth-order valence-electron chi connectivity index (χ4n) is 2.48. The lowest BCUT2D eigenvalue weighted by Gasteiger charge is -2.18. The van der Waals surface area contributed by atoms with Gasteiger partial charge in [-0.2, -0.15) is 5.10 Å². The van der Waals surface area contributed by atoms with Crippen LogP contribution in [0.25, 0.3) is 10.1 Å². The molecule has 1 aromatic carbocycles. The van der Waals surface area contributed by atoms with E-state index < -0.39 is 0 Å². The lowest BCUT2D eigenvalue weighted by molar-refractivity contribution is -0.114. The maximum absolute atomic E-state index is 12.3. The van der Waals surface area contributed by atoms with E-state index in [1.54, 1.807) is 34.2 Å². The minimum atomic E-state index is -0.140. The molecule has 5 nitrogen and oxygen atoms in total. The highest BCUT2D eigenvalue weighted by Crippen LogP contribution is 2.28. The van der Waals surface area contributed by atoms with Crippen molar-refractivity contribution < 1.29 is 9.53 Å². The number of aromatic nitrogens is 2. The zero-order valence-electron chi connectivity index (χ0n) is 13.5. The number of fused-ring (bicyclic) bond motifs is 1. The molecule has 0 saturated carbocycles. The van der Waals surface area contributed by atoms with Crippen LogP contribution in [-0.2, 0) is 22.6 Å². The molecule has 0 radical (unpaired) electrons. The molecule has 0 saturated heterocycles. The van der Waals surface area contributed by atoms with Gasteiger partial charge in [0, 0.05) is 22.9 Å². The highest BCUT2D eigenvalue weighted by molar-refractivity contribution is 7.19. The van der Waals surface area contributed by atoms with E-state index in [0.29, 0.717) is 19.7 Å². The lowest BCUT2D eigenvalue weighted by atomic mass is 10.2. The molecule has 3 aromatic rings. The number of hydrogen-bond donors (Lipinski definition) is 0. The van der Waals surface area contributed by atoms with Gasteiger partial charge in [-0.1, -0.05) is 24.8 Å². The normalized spacial score (nSPS) is 10.9. The average molecular weight is 341 g/mol. The van der Waals surface area contributed by atoms with Gasteiger partial charge in [-0.05, 0) is 23.6 Å². The minimum absolute atomic E-state index is 0.140. The fourth-order valence-corrected chi connectivity index (χ4v) is 3.53. The Kier molecular flexibility index (Phi) is 5.08. The zero-order chi connectivity index (χ0) is 16.9. The number of amides is 1. The second-order valence-corrected chi connectivity index (χ2v) is 6.50. The SMILES string of the molecule is C=CC(=O)N(Cc1cc2ccccc2s1)c1cnn(CCOC)c1. The summed E-state index contributed by atoms with van der Waals surface area (Å²) in [6, 6.07) is 10.3. The van der Waals surface area contributed by atoms with Gasteiger partial charge in [0.1, 0.15) is 0 Å². The minimum Gasteiger partial charge on any atom is -0.383 e. The molecule has 0 unspecified atom stereocenters. The Bertz CT molecular complexity index is 820. The summed E-state index contributed by atoms with van der Waals surface area (Å²) in [7, 11) is 1.65. The molecule has 0 N–H and O–H groups in total. The number of nitrogens with zero attached hydrogens (tertiary/aromatic N) is 3. The molecule has 24 heavy (non-hydrogen) atoms. The predicted molar refractivity (Wildman–Crippen MR) is 97.3 cm³/mol. The number of rotatable bonds is 7. The molecule has 6 heteroatoms. The number of ether oxygens (including phenoxy) is 1. The molecule has 0 bridgehead atoms. The van der Waals surface area contributed by atoms with E-state index in [0.717, 1.165) is 10.6 Å². The van der Waals surface area contributed by atoms with Crippen molar-refractivity contribution in [1.29, 1.82) is 0 Å². The van der Waals surface area contributed by atoms with E-state index in [-0.39, 0.29) is 5.91 Å². The molecule has 0 atom stereocenters. The largest absolute Gasteiger partial charge is 0.383 e. The van der Waals surface area contributed by atoms with Crippen LogP contribution in [0, 0.1) is 0 Å². The van der Waals surface area contributed by atoms with Gasteiger partial charge in [-0.25, -0.2) is 0 Å². The number of methoxy groups -OCH3 is 1. The summed E-state index contributed by atoms with van der Waals surface area (Å²) < 4.78 is 8.05. The second kappa shape index (κ2) is 7.42. The van der Waals surface area contributed by atoms with Crippen molar-refractivity contribution >= 4 is 33.0 Å². The Balaban J connectivity index is 1.84. The summed E-state index contributed by atoms with van der Waals surface area (Å²) >= 11 is 1.69. The molecule has 124 valence electrons. The number of thiophene rings is 1. The summed E-state index contributed by atoms with van der Waals surface area (Å²) in [6.07, 6.45) is 4.89. The maximum atomic E-state index is 12.3. The molecule has 3 rings (SSSR count). The monoisotopic (exact) mass is 341 g/mol. The first-order chi connectivity index (χ1) is 11.7. The Morgan fingerprint density at radius 3 is 3.04 bits per heavy atom. The van der Waals surface area contributed by atoms with E-state index in [2.05, 4.69) is 29.9 Å².